The van der Waals surface area contributed by atoms with Crippen LogP contribution in [0.25, 0.3) is 28.1 Å². The number of ether oxygens (including phenoxy) is 1. The Morgan fingerprint density at radius 2 is 1.84 bits per heavy atom. The summed E-state index contributed by atoms with van der Waals surface area (Å²) in [6, 6.07) is 9.96. The minimum absolute atomic E-state index is 0.0124. The second-order valence-electron chi connectivity index (χ2n) is 14.0. The number of carbonyl (C=O) groups is 1. The fourth-order valence-corrected chi connectivity index (χ4v) is 10.9. The van der Waals surface area contributed by atoms with E-state index in [9.17, 15) is 13.2 Å². The molecule has 12 heteroatoms. The summed E-state index contributed by atoms with van der Waals surface area (Å²) in [6.45, 7) is 2.81. The molecular formula is C33H39N7O4S. The molecular weight excluding hydrogens is 590 g/mol. The Morgan fingerprint density at radius 1 is 1.02 bits per heavy atom. The van der Waals surface area contributed by atoms with Gasteiger partial charge >= 0.3 is 0 Å². The topological polar surface area (TPSA) is 128 Å². The number of pyridine rings is 2. The van der Waals surface area contributed by atoms with E-state index in [2.05, 4.69) is 10.6 Å². The third kappa shape index (κ3) is 4.17. The lowest BCUT2D eigenvalue weighted by Gasteiger charge is -2.33. The molecule has 7 heterocycles. The summed E-state index contributed by atoms with van der Waals surface area (Å²) < 4.78 is 38.3. The van der Waals surface area contributed by atoms with Crippen LogP contribution in [0.1, 0.15) is 67.4 Å². The van der Waals surface area contributed by atoms with Crippen molar-refractivity contribution in [3.05, 3.63) is 41.6 Å². The van der Waals surface area contributed by atoms with Crippen LogP contribution in [0.15, 0.2) is 30.3 Å². The Kier molecular flexibility index (Phi) is 5.95. The predicted molar refractivity (Wildman–Crippen MR) is 171 cm³/mol. The molecule has 2 saturated carbocycles. The van der Waals surface area contributed by atoms with Crippen molar-refractivity contribution in [3.63, 3.8) is 0 Å². The summed E-state index contributed by atoms with van der Waals surface area (Å²) in [6.07, 6.45) is 7.89. The van der Waals surface area contributed by atoms with Gasteiger partial charge in [-0.05, 0) is 94.4 Å². The number of sulfonamides is 1. The molecule has 1 amide bonds. The number of hydrogen-bond donors (Lipinski definition) is 1. The first-order valence-corrected chi connectivity index (χ1v) is 18.0. The smallest absolute Gasteiger partial charge is 0.254 e. The highest BCUT2D eigenvalue weighted by Crippen LogP contribution is 2.42. The highest BCUT2D eigenvalue weighted by Gasteiger charge is 2.47. The van der Waals surface area contributed by atoms with Crippen LogP contribution in [-0.4, -0.2) is 75.2 Å². The molecule has 4 bridgehead atoms. The van der Waals surface area contributed by atoms with Gasteiger partial charge in [-0.25, -0.2) is 18.4 Å². The average Bonchev–Trinajstić information content (AvgIpc) is 3.29. The minimum Gasteiger partial charge on any atom is -0.482 e. The van der Waals surface area contributed by atoms with Gasteiger partial charge in [0.15, 0.2) is 5.88 Å². The summed E-state index contributed by atoms with van der Waals surface area (Å²) in [4.78, 5) is 25.9. The van der Waals surface area contributed by atoms with Crippen LogP contribution < -0.4 is 14.8 Å². The number of amides is 1. The zero-order valence-electron chi connectivity index (χ0n) is 25.7. The maximum atomic E-state index is 13.8. The number of aryl methyl sites for hydroxylation is 1. The van der Waals surface area contributed by atoms with Crippen molar-refractivity contribution >= 4 is 38.4 Å². The number of nitrogens with two attached hydrogens (primary N) is 1. The first kappa shape index (κ1) is 27.7. The third-order valence-electron chi connectivity index (χ3n) is 11.1. The van der Waals surface area contributed by atoms with E-state index in [4.69, 9.17) is 20.4 Å². The number of carbonyl (C=O) groups excluding carboxylic acids is 1. The molecule has 2 aliphatic carbocycles. The first-order chi connectivity index (χ1) is 21.7. The molecule has 0 aromatic carbocycles. The lowest BCUT2D eigenvalue weighted by Crippen LogP contribution is -2.45. The van der Waals surface area contributed by atoms with Gasteiger partial charge in [-0.3, -0.25) is 13.5 Å². The average molecular weight is 630 g/mol. The molecule has 4 aromatic rings. The number of rotatable bonds is 6. The molecule has 3 saturated heterocycles. The van der Waals surface area contributed by atoms with E-state index in [0.29, 0.717) is 28.8 Å². The molecule has 4 aromatic heterocycles. The highest BCUT2D eigenvalue weighted by molar-refractivity contribution is 7.92. The van der Waals surface area contributed by atoms with Crippen LogP contribution in [0.3, 0.4) is 0 Å². The molecule has 2 N–H and O–H groups in total. The quantitative estimate of drug-likeness (QED) is 0.340. The van der Waals surface area contributed by atoms with Crippen LogP contribution in [0.4, 0.5) is 5.82 Å². The number of fused-ring (bicyclic) bond motifs is 6. The van der Waals surface area contributed by atoms with Crippen LogP contribution in [0.2, 0.25) is 0 Å². The van der Waals surface area contributed by atoms with Crippen molar-refractivity contribution in [2.75, 3.05) is 17.2 Å². The van der Waals surface area contributed by atoms with Crippen molar-refractivity contribution in [3.8, 4) is 17.3 Å². The number of methoxy groups -OCH3 is 1. The second kappa shape index (κ2) is 9.68. The van der Waals surface area contributed by atoms with Gasteiger partial charge in [0.05, 0.1) is 24.3 Å². The summed E-state index contributed by atoms with van der Waals surface area (Å²) >= 11 is 0. The monoisotopic (exact) mass is 629 g/mol. The van der Waals surface area contributed by atoms with Crippen LogP contribution >= 0.6 is 0 Å². The molecule has 0 unspecified atom stereocenters. The number of anilines is 1. The van der Waals surface area contributed by atoms with Gasteiger partial charge in [-0.2, -0.15) is 0 Å². The molecule has 5 aliphatic rings. The zero-order valence-corrected chi connectivity index (χ0v) is 26.5. The van der Waals surface area contributed by atoms with E-state index in [1.165, 1.54) is 0 Å². The SMILES string of the molecule is COc1cc(C(=O)N2[C@H]3CC[C@@H]2[C@H](N)C3)cc2nc(-c3cc4ccc(N5[C@@H]6CC[C@@H](C6)CS5(=O)=O)nc4n3CC3CC3)c(C)n12. The third-order valence-corrected chi connectivity index (χ3v) is 13.1. The van der Waals surface area contributed by atoms with E-state index in [0.717, 1.165) is 86.0 Å². The molecule has 45 heavy (non-hydrogen) atoms. The van der Waals surface area contributed by atoms with Gasteiger partial charge in [-0.1, -0.05) is 0 Å². The molecule has 11 nitrogen and oxygen atoms in total. The van der Waals surface area contributed by atoms with E-state index >= 15 is 0 Å². The van der Waals surface area contributed by atoms with Crippen LogP contribution in [0, 0.1) is 18.8 Å². The highest BCUT2D eigenvalue weighted by atomic mass is 32.2. The Labute approximate surface area is 262 Å². The standard InChI is InChI=1S/C33H39N7O4S/c1-18-31(35-29-13-22(14-30(44-2)38(18)29)33(41)39-23-8-9-26(39)25(34)15-23)27-12-21-6-10-28(36-32(21)37(27)16-19-3-4-19)40-24-7-5-20(11-24)17-45(40,42)43/h6,10,12-14,19-20,23-26H,3-5,7-9,11,15-17,34H2,1-2H3/t20-,23-,24+,25+,26+/m0/s1. The van der Waals surface area contributed by atoms with Gasteiger partial charge < -0.3 is 19.9 Å². The number of imidazole rings is 1. The summed E-state index contributed by atoms with van der Waals surface area (Å²) in [5.74, 6) is 2.08. The summed E-state index contributed by atoms with van der Waals surface area (Å²) in [5, 5.41) is 0.952. The fraction of sp³-hybridized carbons (Fsp3) is 0.545. The Balaban J connectivity index is 1.16. The van der Waals surface area contributed by atoms with Crippen molar-refractivity contribution < 1.29 is 17.9 Å². The molecule has 5 fully saturated rings. The Hall–Kier alpha value is -3.64. The number of hydrogen-bond acceptors (Lipinski definition) is 7. The van der Waals surface area contributed by atoms with E-state index in [1.807, 2.05) is 40.5 Å². The first-order valence-electron chi connectivity index (χ1n) is 16.4. The molecule has 236 valence electrons. The van der Waals surface area contributed by atoms with Gasteiger partial charge in [0.1, 0.15) is 22.8 Å². The molecule has 0 radical (unpaired) electrons. The number of nitrogens with zero attached hydrogens (tertiary/aromatic N) is 6. The van der Waals surface area contributed by atoms with Crippen LogP contribution in [0.5, 0.6) is 5.88 Å². The zero-order chi connectivity index (χ0) is 30.8. The normalized spacial score (nSPS) is 28.6. The largest absolute Gasteiger partial charge is 0.482 e. The van der Waals surface area contributed by atoms with Gasteiger partial charge in [-0.15, -0.1) is 0 Å². The minimum atomic E-state index is -3.41. The lowest BCUT2D eigenvalue weighted by molar-refractivity contribution is 0.0726. The molecule has 9 rings (SSSR count). The van der Waals surface area contributed by atoms with Crippen molar-refractivity contribution in [1.82, 2.24) is 23.8 Å². The Bertz CT molecular complexity index is 2000. The summed E-state index contributed by atoms with van der Waals surface area (Å²) in [5.41, 5.74) is 11.0. The molecule has 5 atom stereocenters. The second-order valence-corrected chi connectivity index (χ2v) is 15.9. The van der Waals surface area contributed by atoms with Crippen LogP contribution in [-0.2, 0) is 16.6 Å². The molecule has 3 aliphatic heterocycles. The maximum absolute atomic E-state index is 13.8. The van der Waals surface area contributed by atoms with Crippen molar-refractivity contribution in [1.29, 1.82) is 0 Å². The fourth-order valence-electron chi connectivity index (χ4n) is 8.82. The predicted octanol–water partition coefficient (Wildman–Crippen LogP) is 4.10. The van der Waals surface area contributed by atoms with E-state index in [-0.39, 0.29) is 41.7 Å². The lowest BCUT2D eigenvalue weighted by atomic mass is 9.97. The maximum Gasteiger partial charge on any atom is 0.254 e. The summed E-state index contributed by atoms with van der Waals surface area (Å²) in [7, 11) is -1.79. The van der Waals surface area contributed by atoms with Gasteiger partial charge in [0.25, 0.3) is 5.91 Å². The van der Waals surface area contributed by atoms with Crippen molar-refractivity contribution in [2.24, 2.45) is 17.6 Å². The van der Waals surface area contributed by atoms with E-state index < -0.39 is 10.0 Å². The van der Waals surface area contributed by atoms with Gasteiger partial charge in [0.2, 0.25) is 10.0 Å². The Morgan fingerprint density at radius 3 is 2.58 bits per heavy atom. The molecule has 0 spiro atoms. The van der Waals surface area contributed by atoms with Crippen molar-refractivity contribution in [2.45, 2.75) is 89.0 Å². The number of aromatic nitrogens is 4. The van der Waals surface area contributed by atoms with Gasteiger partial charge in [0, 0.05) is 47.7 Å². The van der Waals surface area contributed by atoms with E-state index in [1.54, 1.807) is 11.4 Å².